The van der Waals surface area contributed by atoms with Crippen LogP contribution in [0.2, 0.25) is 0 Å². The van der Waals surface area contributed by atoms with Crippen molar-refractivity contribution in [1.82, 2.24) is 0 Å². The third kappa shape index (κ3) is 4.94. The Kier molecular flexibility index (Phi) is 5.28. The first-order chi connectivity index (χ1) is 8.90. The van der Waals surface area contributed by atoms with Gasteiger partial charge >= 0.3 is 6.09 Å². The molecule has 6 N–H and O–H groups in total. The molecule has 0 fully saturated rings. The SMILES string of the molecule is C[C@H](N)C(=O)Nc1ccc(C(O)COC(N)=O)cc1. The monoisotopic (exact) mass is 267 g/mol. The molecule has 2 atom stereocenters. The van der Waals surface area contributed by atoms with Crippen LogP contribution in [0, 0.1) is 0 Å². The second-order valence-corrected chi connectivity index (χ2v) is 4.05. The molecule has 0 aliphatic rings. The van der Waals surface area contributed by atoms with Crippen molar-refractivity contribution < 1.29 is 19.4 Å². The van der Waals surface area contributed by atoms with E-state index in [2.05, 4.69) is 10.1 Å². The Hall–Kier alpha value is -2.12. The van der Waals surface area contributed by atoms with Gasteiger partial charge in [-0.2, -0.15) is 0 Å². The molecule has 1 aromatic carbocycles. The molecule has 7 nitrogen and oxygen atoms in total. The number of primary amides is 1. The Morgan fingerprint density at radius 3 is 2.42 bits per heavy atom. The molecular weight excluding hydrogens is 250 g/mol. The van der Waals surface area contributed by atoms with Gasteiger partial charge in [-0.1, -0.05) is 12.1 Å². The predicted molar refractivity (Wildman–Crippen MR) is 69.2 cm³/mol. The lowest BCUT2D eigenvalue weighted by atomic mass is 10.1. The van der Waals surface area contributed by atoms with Gasteiger partial charge in [-0.15, -0.1) is 0 Å². The smallest absolute Gasteiger partial charge is 0.404 e. The molecule has 0 bridgehead atoms. The summed E-state index contributed by atoms with van der Waals surface area (Å²) in [6.45, 7) is 1.36. The molecule has 1 aromatic rings. The standard InChI is InChI=1S/C12H17N3O4/c1-7(13)11(17)15-9-4-2-8(3-5-9)10(16)6-19-12(14)18/h2-5,7,10,16H,6,13H2,1H3,(H2,14,18)(H,15,17)/t7-,10?/m0/s1. The Labute approximate surface area is 110 Å². The summed E-state index contributed by atoms with van der Waals surface area (Å²) in [6, 6.07) is 5.83. The molecular formula is C12H17N3O4. The molecule has 0 aromatic heterocycles. The van der Waals surface area contributed by atoms with E-state index in [1.165, 1.54) is 0 Å². The van der Waals surface area contributed by atoms with Gasteiger partial charge in [-0.25, -0.2) is 4.79 Å². The zero-order valence-corrected chi connectivity index (χ0v) is 10.5. The van der Waals surface area contributed by atoms with Gasteiger partial charge in [0.25, 0.3) is 0 Å². The summed E-state index contributed by atoms with van der Waals surface area (Å²) < 4.78 is 4.49. The highest BCUT2D eigenvalue weighted by Gasteiger charge is 2.11. The number of hydrogen-bond acceptors (Lipinski definition) is 5. The van der Waals surface area contributed by atoms with Gasteiger partial charge in [0.1, 0.15) is 12.7 Å². The van der Waals surface area contributed by atoms with Crippen LogP contribution >= 0.6 is 0 Å². The van der Waals surface area contributed by atoms with E-state index in [0.29, 0.717) is 11.3 Å². The van der Waals surface area contributed by atoms with Crippen molar-refractivity contribution in [3.8, 4) is 0 Å². The van der Waals surface area contributed by atoms with Crippen LogP contribution < -0.4 is 16.8 Å². The van der Waals surface area contributed by atoms with E-state index in [1.807, 2.05) is 0 Å². The first kappa shape index (κ1) is 14.9. The molecule has 0 saturated heterocycles. The van der Waals surface area contributed by atoms with Gasteiger partial charge in [0, 0.05) is 5.69 Å². The molecule has 0 saturated carbocycles. The van der Waals surface area contributed by atoms with E-state index in [4.69, 9.17) is 11.5 Å². The number of amides is 2. The number of aliphatic hydroxyl groups is 1. The molecule has 0 aliphatic heterocycles. The van der Waals surface area contributed by atoms with Crippen LogP contribution in [0.25, 0.3) is 0 Å². The lowest BCUT2D eigenvalue weighted by Crippen LogP contribution is -2.32. The van der Waals surface area contributed by atoms with Crippen LogP contribution in [0.5, 0.6) is 0 Å². The maximum Gasteiger partial charge on any atom is 0.404 e. The van der Waals surface area contributed by atoms with Gasteiger partial charge in [-0.05, 0) is 24.6 Å². The first-order valence-corrected chi connectivity index (χ1v) is 5.67. The minimum absolute atomic E-state index is 0.221. The number of aliphatic hydroxyl groups excluding tert-OH is 1. The van der Waals surface area contributed by atoms with E-state index in [-0.39, 0.29) is 12.5 Å². The number of carbonyl (C=O) groups is 2. The number of ether oxygens (including phenoxy) is 1. The van der Waals surface area contributed by atoms with Gasteiger partial charge in [-0.3, -0.25) is 4.79 Å². The highest BCUT2D eigenvalue weighted by Crippen LogP contribution is 2.16. The summed E-state index contributed by atoms with van der Waals surface area (Å²) >= 11 is 0. The number of benzene rings is 1. The fraction of sp³-hybridized carbons (Fsp3) is 0.333. The number of rotatable bonds is 5. The topological polar surface area (TPSA) is 128 Å². The zero-order valence-electron chi connectivity index (χ0n) is 10.5. The number of nitrogens with two attached hydrogens (primary N) is 2. The molecule has 1 unspecified atom stereocenters. The molecule has 7 heteroatoms. The highest BCUT2D eigenvalue weighted by atomic mass is 16.6. The molecule has 0 heterocycles. The van der Waals surface area contributed by atoms with Crippen LogP contribution in [-0.4, -0.2) is 29.8 Å². The third-order valence-corrected chi connectivity index (χ3v) is 2.36. The average molecular weight is 267 g/mol. The minimum Gasteiger partial charge on any atom is -0.447 e. The van der Waals surface area contributed by atoms with E-state index in [9.17, 15) is 14.7 Å². The largest absolute Gasteiger partial charge is 0.447 e. The molecule has 1 rings (SSSR count). The fourth-order valence-corrected chi connectivity index (χ4v) is 1.30. The molecule has 0 spiro atoms. The van der Waals surface area contributed by atoms with Crippen LogP contribution in [0.15, 0.2) is 24.3 Å². The van der Waals surface area contributed by atoms with E-state index in [0.717, 1.165) is 0 Å². The predicted octanol–water partition coefficient (Wildman–Crippen LogP) is 0.101. The van der Waals surface area contributed by atoms with Crippen LogP contribution in [0.1, 0.15) is 18.6 Å². The van der Waals surface area contributed by atoms with Crippen molar-refractivity contribution in [1.29, 1.82) is 0 Å². The summed E-state index contributed by atoms with van der Waals surface area (Å²) in [5.74, 6) is -0.301. The first-order valence-electron chi connectivity index (χ1n) is 5.67. The van der Waals surface area contributed by atoms with Crippen LogP contribution in [0.4, 0.5) is 10.5 Å². The second-order valence-electron chi connectivity index (χ2n) is 4.05. The lowest BCUT2D eigenvalue weighted by molar-refractivity contribution is -0.117. The number of carbonyl (C=O) groups excluding carboxylic acids is 2. The summed E-state index contributed by atoms with van der Waals surface area (Å²) in [7, 11) is 0. The van der Waals surface area contributed by atoms with Crippen LogP contribution in [-0.2, 0) is 9.53 Å². The number of nitrogens with one attached hydrogen (secondary N) is 1. The van der Waals surface area contributed by atoms with Crippen molar-refractivity contribution >= 4 is 17.7 Å². The summed E-state index contributed by atoms with van der Waals surface area (Å²) in [4.78, 5) is 21.8. The number of anilines is 1. The van der Waals surface area contributed by atoms with Gasteiger partial charge in [0.15, 0.2) is 0 Å². The van der Waals surface area contributed by atoms with Crippen molar-refractivity contribution in [3.05, 3.63) is 29.8 Å². The molecule has 104 valence electrons. The zero-order chi connectivity index (χ0) is 14.4. The lowest BCUT2D eigenvalue weighted by Gasteiger charge is -2.12. The average Bonchev–Trinajstić information content (AvgIpc) is 2.36. The Balaban J connectivity index is 2.60. The highest BCUT2D eigenvalue weighted by molar-refractivity contribution is 5.94. The maximum absolute atomic E-state index is 11.4. The number of hydrogen-bond donors (Lipinski definition) is 4. The third-order valence-electron chi connectivity index (χ3n) is 2.36. The maximum atomic E-state index is 11.4. The summed E-state index contributed by atoms with van der Waals surface area (Å²) in [5, 5.41) is 12.3. The van der Waals surface area contributed by atoms with Gasteiger partial charge in [0.05, 0.1) is 6.04 Å². The Bertz CT molecular complexity index is 445. The van der Waals surface area contributed by atoms with Crippen LogP contribution in [0.3, 0.4) is 0 Å². The Morgan fingerprint density at radius 2 is 1.95 bits per heavy atom. The quantitative estimate of drug-likeness (QED) is 0.601. The summed E-state index contributed by atoms with van der Waals surface area (Å²) in [6.07, 6.45) is -1.91. The van der Waals surface area contributed by atoms with E-state index < -0.39 is 18.2 Å². The summed E-state index contributed by atoms with van der Waals surface area (Å²) in [5.41, 5.74) is 11.3. The van der Waals surface area contributed by atoms with Crippen molar-refractivity contribution in [2.45, 2.75) is 19.1 Å². The molecule has 0 aliphatic carbocycles. The van der Waals surface area contributed by atoms with Crippen molar-refractivity contribution in [3.63, 3.8) is 0 Å². The second kappa shape index (κ2) is 6.72. The Morgan fingerprint density at radius 1 is 1.37 bits per heavy atom. The van der Waals surface area contributed by atoms with E-state index >= 15 is 0 Å². The van der Waals surface area contributed by atoms with Gasteiger partial charge < -0.3 is 26.6 Å². The minimum atomic E-state index is -0.967. The van der Waals surface area contributed by atoms with Crippen molar-refractivity contribution in [2.24, 2.45) is 11.5 Å². The molecule has 19 heavy (non-hydrogen) atoms. The molecule has 0 radical (unpaired) electrons. The van der Waals surface area contributed by atoms with Crippen molar-refractivity contribution in [2.75, 3.05) is 11.9 Å². The van der Waals surface area contributed by atoms with Gasteiger partial charge in [0.2, 0.25) is 5.91 Å². The molecule has 2 amide bonds. The fourth-order valence-electron chi connectivity index (χ4n) is 1.30. The normalized spacial score (nSPS) is 13.4. The van der Waals surface area contributed by atoms with E-state index in [1.54, 1.807) is 31.2 Å².